The van der Waals surface area contributed by atoms with Gasteiger partial charge < -0.3 is 5.32 Å². The molecule has 0 unspecified atom stereocenters. The first-order valence-corrected chi connectivity index (χ1v) is 8.19. The largest absolute Gasteiger partial charge is 0.321 e. The molecule has 0 fully saturated rings. The van der Waals surface area contributed by atoms with Crippen molar-refractivity contribution in [3.63, 3.8) is 0 Å². The molecule has 1 N–H and O–H groups in total. The van der Waals surface area contributed by atoms with E-state index < -0.39 is 0 Å². The van der Waals surface area contributed by atoms with Crippen LogP contribution in [0.25, 0.3) is 21.0 Å². The van der Waals surface area contributed by atoms with Gasteiger partial charge >= 0.3 is 0 Å². The third kappa shape index (κ3) is 2.58. The Labute approximate surface area is 137 Å². The van der Waals surface area contributed by atoms with Gasteiger partial charge in [-0.1, -0.05) is 36.4 Å². The van der Waals surface area contributed by atoms with Gasteiger partial charge in [-0.3, -0.25) is 9.78 Å². The Balaban J connectivity index is 1.74. The molecule has 2 aromatic heterocycles. The molecular weight excluding hydrogens is 304 g/mol. The zero-order chi connectivity index (χ0) is 15.8. The minimum Gasteiger partial charge on any atom is -0.321 e. The lowest BCUT2D eigenvalue weighted by Crippen LogP contribution is -2.10. The lowest BCUT2D eigenvalue weighted by atomic mass is 10.1. The molecule has 4 heteroatoms. The molecule has 23 heavy (non-hydrogen) atoms. The predicted octanol–water partition coefficient (Wildman–Crippen LogP) is 5.01. The highest BCUT2D eigenvalue weighted by molar-refractivity contribution is 7.20. The molecule has 4 rings (SSSR count). The lowest BCUT2D eigenvalue weighted by Gasteiger charge is -2.08. The second-order valence-electron chi connectivity index (χ2n) is 5.43. The van der Waals surface area contributed by atoms with Crippen molar-refractivity contribution in [2.45, 2.75) is 6.92 Å². The SMILES string of the molecule is Cc1cc(NC(=O)c2cc3ccccc3s2)c2ccccc2n1. The first-order chi connectivity index (χ1) is 11.2. The number of hydrogen-bond acceptors (Lipinski definition) is 3. The summed E-state index contributed by atoms with van der Waals surface area (Å²) < 4.78 is 1.12. The number of nitrogens with one attached hydrogen (secondary N) is 1. The summed E-state index contributed by atoms with van der Waals surface area (Å²) in [6.07, 6.45) is 0. The van der Waals surface area contributed by atoms with Crippen molar-refractivity contribution >= 4 is 43.9 Å². The molecule has 0 saturated carbocycles. The van der Waals surface area contributed by atoms with Gasteiger partial charge in [0.2, 0.25) is 0 Å². The molecule has 0 saturated heterocycles. The van der Waals surface area contributed by atoms with E-state index in [0.29, 0.717) is 4.88 Å². The van der Waals surface area contributed by atoms with Crippen molar-refractivity contribution in [1.29, 1.82) is 0 Å². The number of amides is 1. The smallest absolute Gasteiger partial charge is 0.265 e. The summed E-state index contributed by atoms with van der Waals surface area (Å²) in [6, 6.07) is 19.7. The van der Waals surface area contributed by atoms with Crippen LogP contribution in [0.3, 0.4) is 0 Å². The van der Waals surface area contributed by atoms with Crippen LogP contribution >= 0.6 is 11.3 Å². The van der Waals surface area contributed by atoms with E-state index in [2.05, 4.69) is 10.3 Å². The Morgan fingerprint density at radius 2 is 1.83 bits per heavy atom. The van der Waals surface area contributed by atoms with Gasteiger partial charge in [-0.2, -0.15) is 0 Å². The van der Waals surface area contributed by atoms with Crippen LogP contribution in [0.15, 0.2) is 60.7 Å². The Kier molecular flexibility index (Phi) is 3.32. The lowest BCUT2D eigenvalue weighted by molar-refractivity contribution is 0.103. The highest BCUT2D eigenvalue weighted by atomic mass is 32.1. The number of fused-ring (bicyclic) bond motifs is 2. The maximum absolute atomic E-state index is 12.6. The summed E-state index contributed by atoms with van der Waals surface area (Å²) in [7, 11) is 0. The van der Waals surface area contributed by atoms with E-state index in [1.54, 1.807) is 0 Å². The first kappa shape index (κ1) is 13.9. The van der Waals surface area contributed by atoms with Crippen molar-refractivity contribution < 1.29 is 4.79 Å². The van der Waals surface area contributed by atoms with Gasteiger partial charge in [-0.05, 0) is 36.6 Å². The van der Waals surface area contributed by atoms with E-state index in [4.69, 9.17) is 0 Å². The number of carbonyl (C=O) groups excluding carboxylic acids is 1. The molecule has 3 nitrogen and oxygen atoms in total. The van der Waals surface area contributed by atoms with E-state index in [9.17, 15) is 4.79 Å². The van der Waals surface area contributed by atoms with E-state index in [1.165, 1.54) is 11.3 Å². The average molecular weight is 318 g/mol. The Morgan fingerprint density at radius 1 is 1.04 bits per heavy atom. The molecule has 0 bridgehead atoms. The molecule has 0 aliphatic rings. The van der Waals surface area contributed by atoms with Crippen LogP contribution < -0.4 is 5.32 Å². The number of carbonyl (C=O) groups is 1. The molecule has 0 spiro atoms. The second kappa shape index (κ2) is 5.48. The van der Waals surface area contributed by atoms with Crippen molar-refractivity contribution in [3.05, 3.63) is 71.2 Å². The van der Waals surface area contributed by atoms with Crippen LogP contribution in [-0.4, -0.2) is 10.9 Å². The third-order valence-corrected chi connectivity index (χ3v) is 4.86. The summed E-state index contributed by atoms with van der Waals surface area (Å²) in [5.74, 6) is -0.0815. The fourth-order valence-electron chi connectivity index (χ4n) is 2.69. The fourth-order valence-corrected chi connectivity index (χ4v) is 3.65. The van der Waals surface area contributed by atoms with Crippen LogP contribution in [0, 0.1) is 6.92 Å². The van der Waals surface area contributed by atoms with Gasteiger partial charge in [0.15, 0.2) is 0 Å². The topological polar surface area (TPSA) is 42.0 Å². The van der Waals surface area contributed by atoms with Crippen molar-refractivity contribution in [2.24, 2.45) is 0 Å². The maximum Gasteiger partial charge on any atom is 0.265 e. The van der Waals surface area contributed by atoms with Gasteiger partial charge in [0.05, 0.1) is 16.1 Å². The minimum atomic E-state index is -0.0815. The Bertz CT molecular complexity index is 1000. The van der Waals surface area contributed by atoms with Gasteiger partial charge in [0, 0.05) is 15.8 Å². The number of anilines is 1. The molecule has 2 aromatic carbocycles. The van der Waals surface area contributed by atoms with Crippen LogP contribution in [0.2, 0.25) is 0 Å². The van der Waals surface area contributed by atoms with Crippen LogP contribution in [-0.2, 0) is 0 Å². The number of pyridine rings is 1. The molecule has 4 aromatic rings. The molecule has 1 amide bonds. The standard InChI is InChI=1S/C19H14N2OS/c1-12-10-16(14-7-3-4-8-15(14)20-12)21-19(22)18-11-13-6-2-5-9-17(13)23-18/h2-11H,1H3,(H,20,21,22). The number of benzene rings is 2. The number of aromatic nitrogens is 1. The van der Waals surface area contributed by atoms with Crippen molar-refractivity contribution in [1.82, 2.24) is 4.98 Å². The fraction of sp³-hybridized carbons (Fsp3) is 0.0526. The summed E-state index contributed by atoms with van der Waals surface area (Å²) >= 11 is 1.51. The summed E-state index contributed by atoms with van der Waals surface area (Å²) in [5, 5.41) is 5.08. The third-order valence-electron chi connectivity index (χ3n) is 3.74. The van der Waals surface area contributed by atoms with Crippen molar-refractivity contribution in [2.75, 3.05) is 5.32 Å². The first-order valence-electron chi connectivity index (χ1n) is 7.37. The highest BCUT2D eigenvalue weighted by Crippen LogP contribution is 2.28. The number of rotatable bonds is 2. The summed E-state index contributed by atoms with van der Waals surface area (Å²) in [5.41, 5.74) is 2.57. The van der Waals surface area contributed by atoms with E-state index >= 15 is 0 Å². The predicted molar refractivity (Wildman–Crippen MR) is 96.3 cm³/mol. The van der Waals surface area contributed by atoms with E-state index in [-0.39, 0.29) is 5.91 Å². The normalized spacial score (nSPS) is 11.0. The highest BCUT2D eigenvalue weighted by Gasteiger charge is 2.12. The molecule has 0 aliphatic heterocycles. The van der Waals surface area contributed by atoms with E-state index in [1.807, 2.05) is 67.6 Å². The minimum absolute atomic E-state index is 0.0815. The molecule has 2 heterocycles. The van der Waals surface area contributed by atoms with Gasteiger partial charge in [0.1, 0.15) is 0 Å². The van der Waals surface area contributed by atoms with Gasteiger partial charge in [0.25, 0.3) is 5.91 Å². The zero-order valence-corrected chi connectivity index (χ0v) is 13.4. The molecule has 0 aliphatic carbocycles. The zero-order valence-electron chi connectivity index (χ0n) is 12.5. The number of aryl methyl sites for hydroxylation is 1. The van der Waals surface area contributed by atoms with E-state index in [0.717, 1.165) is 32.4 Å². The molecule has 0 radical (unpaired) electrons. The summed E-state index contributed by atoms with van der Waals surface area (Å²) in [6.45, 7) is 1.93. The van der Waals surface area contributed by atoms with Gasteiger partial charge in [-0.25, -0.2) is 0 Å². The quantitative estimate of drug-likeness (QED) is 0.564. The number of thiophene rings is 1. The summed E-state index contributed by atoms with van der Waals surface area (Å²) in [4.78, 5) is 17.8. The van der Waals surface area contributed by atoms with Crippen LogP contribution in [0.5, 0.6) is 0 Å². The molecule has 112 valence electrons. The average Bonchev–Trinajstić information content (AvgIpc) is 2.99. The number of hydrogen-bond donors (Lipinski definition) is 1. The molecular formula is C19H14N2OS. The van der Waals surface area contributed by atoms with Crippen LogP contribution in [0.1, 0.15) is 15.4 Å². The maximum atomic E-state index is 12.6. The van der Waals surface area contributed by atoms with Gasteiger partial charge in [-0.15, -0.1) is 11.3 Å². The monoisotopic (exact) mass is 318 g/mol. The Morgan fingerprint density at radius 3 is 2.70 bits per heavy atom. The Hall–Kier alpha value is -2.72. The number of nitrogens with zero attached hydrogens (tertiary/aromatic N) is 1. The van der Waals surface area contributed by atoms with Crippen molar-refractivity contribution in [3.8, 4) is 0 Å². The molecule has 0 atom stereocenters. The number of para-hydroxylation sites is 1. The second-order valence-corrected chi connectivity index (χ2v) is 6.51. The van der Waals surface area contributed by atoms with Crippen LogP contribution in [0.4, 0.5) is 5.69 Å².